The minimum absolute atomic E-state index is 0.423. The fourth-order valence-electron chi connectivity index (χ4n) is 1.53. The van der Waals surface area contributed by atoms with E-state index in [0.717, 1.165) is 11.1 Å². The molecular weight excluding hydrogens is 260 g/mol. The molecule has 1 aromatic rings. The number of thiocarbonyl (C=S) groups is 1. The van der Waals surface area contributed by atoms with Crippen molar-refractivity contribution in [2.24, 2.45) is 5.73 Å². The van der Waals surface area contributed by atoms with Crippen LogP contribution >= 0.6 is 12.2 Å². The predicted molar refractivity (Wildman–Crippen MR) is 81.5 cm³/mol. The first kappa shape index (κ1) is 15.4. The van der Waals surface area contributed by atoms with Crippen LogP contribution in [0.1, 0.15) is 31.9 Å². The molecule has 0 unspecified atom stereocenters. The molecule has 5 heteroatoms. The summed E-state index contributed by atoms with van der Waals surface area (Å²) in [6.07, 6.45) is 0.0431. The van der Waals surface area contributed by atoms with Crippen molar-refractivity contribution in [3.63, 3.8) is 0 Å². The maximum Gasteiger partial charge on any atom is 0.412 e. The van der Waals surface area contributed by atoms with Crippen LogP contribution in [0.25, 0.3) is 0 Å². The van der Waals surface area contributed by atoms with Crippen LogP contribution in [0.2, 0.25) is 0 Å². The first-order chi connectivity index (χ1) is 8.67. The summed E-state index contributed by atoms with van der Waals surface area (Å²) < 4.78 is 5.22. The number of amides is 1. The molecule has 104 valence electrons. The molecule has 1 amide bonds. The van der Waals surface area contributed by atoms with Gasteiger partial charge < -0.3 is 10.5 Å². The molecule has 0 bridgehead atoms. The summed E-state index contributed by atoms with van der Waals surface area (Å²) in [6.45, 7) is 7.38. The molecule has 1 aromatic carbocycles. The third-order valence-corrected chi connectivity index (χ3v) is 2.46. The van der Waals surface area contributed by atoms with Gasteiger partial charge in [0.2, 0.25) is 0 Å². The van der Waals surface area contributed by atoms with E-state index >= 15 is 0 Å². The normalized spacial score (nSPS) is 10.9. The summed E-state index contributed by atoms with van der Waals surface area (Å²) in [4.78, 5) is 12.2. The fraction of sp³-hybridized carbons (Fsp3) is 0.429. The topological polar surface area (TPSA) is 64.3 Å². The van der Waals surface area contributed by atoms with Crippen molar-refractivity contribution in [1.29, 1.82) is 0 Å². The van der Waals surface area contributed by atoms with Crippen LogP contribution in [-0.4, -0.2) is 16.7 Å². The Hall–Kier alpha value is -1.62. The van der Waals surface area contributed by atoms with Crippen LogP contribution in [0.5, 0.6) is 0 Å². The molecule has 0 saturated carbocycles. The van der Waals surface area contributed by atoms with Gasteiger partial charge in [-0.25, -0.2) is 4.79 Å². The Balaban J connectivity index is 2.82. The van der Waals surface area contributed by atoms with Crippen molar-refractivity contribution in [3.8, 4) is 0 Å². The second kappa shape index (κ2) is 6.02. The smallest absolute Gasteiger partial charge is 0.412 e. The van der Waals surface area contributed by atoms with Gasteiger partial charge in [-0.3, -0.25) is 5.32 Å². The van der Waals surface area contributed by atoms with Crippen LogP contribution in [0.4, 0.5) is 10.5 Å². The van der Waals surface area contributed by atoms with Crippen molar-refractivity contribution in [1.82, 2.24) is 0 Å². The number of carbonyl (C=O) groups is 1. The summed E-state index contributed by atoms with van der Waals surface area (Å²) in [5, 5.41) is 2.74. The Labute approximate surface area is 119 Å². The first-order valence-corrected chi connectivity index (χ1v) is 6.46. The zero-order valence-electron chi connectivity index (χ0n) is 11.7. The fourth-order valence-corrected chi connectivity index (χ4v) is 1.70. The van der Waals surface area contributed by atoms with Gasteiger partial charge in [-0.2, -0.15) is 0 Å². The molecule has 0 aliphatic carbocycles. The van der Waals surface area contributed by atoms with E-state index in [-0.39, 0.29) is 0 Å². The zero-order valence-corrected chi connectivity index (χ0v) is 12.6. The molecular formula is C14H20N2O2S. The van der Waals surface area contributed by atoms with Crippen molar-refractivity contribution in [2.75, 3.05) is 5.32 Å². The second-order valence-corrected chi connectivity index (χ2v) is 5.94. The summed E-state index contributed by atoms with van der Waals surface area (Å²) >= 11 is 4.88. The third-order valence-electron chi connectivity index (χ3n) is 2.32. The molecule has 0 heterocycles. The van der Waals surface area contributed by atoms with Crippen LogP contribution < -0.4 is 11.1 Å². The highest BCUT2D eigenvalue weighted by Crippen LogP contribution is 2.18. The van der Waals surface area contributed by atoms with Gasteiger partial charge in [-0.15, -0.1) is 0 Å². The third kappa shape index (κ3) is 5.70. The number of nitrogens with one attached hydrogen (secondary N) is 1. The van der Waals surface area contributed by atoms with E-state index < -0.39 is 11.7 Å². The number of aryl methyl sites for hydroxylation is 1. The van der Waals surface area contributed by atoms with Crippen molar-refractivity contribution in [2.45, 2.75) is 39.7 Å². The number of carbonyl (C=O) groups excluding carboxylic acids is 1. The monoisotopic (exact) mass is 280 g/mol. The van der Waals surface area contributed by atoms with E-state index in [1.54, 1.807) is 0 Å². The van der Waals surface area contributed by atoms with Gasteiger partial charge in [0.1, 0.15) is 5.60 Å². The van der Waals surface area contributed by atoms with Gasteiger partial charge in [0.25, 0.3) is 0 Å². The van der Waals surface area contributed by atoms with E-state index in [4.69, 9.17) is 22.7 Å². The Morgan fingerprint density at radius 1 is 1.42 bits per heavy atom. The molecule has 3 N–H and O–H groups in total. The van der Waals surface area contributed by atoms with E-state index in [0.29, 0.717) is 17.1 Å². The van der Waals surface area contributed by atoms with E-state index in [1.165, 1.54) is 0 Å². The molecule has 0 radical (unpaired) electrons. The van der Waals surface area contributed by atoms with E-state index in [1.807, 2.05) is 45.9 Å². The highest BCUT2D eigenvalue weighted by Gasteiger charge is 2.16. The predicted octanol–water partition coefficient (Wildman–Crippen LogP) is 3.17. The lowest BCUT2D eigenvalue weighted by atomic mass is 10.1. The van der Waals surface area contributed by atoms with Gasteiger partial charge in [-0.1, -0.05) is 24.4 Å². The van der Waals surface area contributed by atoms with Crippen LogP contribution in [0, 0.1) is 6.92 Å². The van der Waals surface area contributed by atoms with E-state index in [9.17, 15) is 4.79 Å². The van der Waals surface area contributed by atoms with Gasteiger partial charge in [0.05, 0.1) is 4.99 Å². The molecule has 1 rings (SSSR count). The number of rotatable bonds is 3. The summed E-state index contributed by atoms with van der Waals surface area (Å²) in [5.74, 6) is 0. The summed E-state index contributed by atoms with van der Waals surface area (Å²) in [5.41, 5.74) is 7.63. The molecule has 0 aromatic heterocycles. The lowest BCUT2D eigenvalue weighted by Crippen LogP contribution is -2.27. The van der Waals surface area contributed by atoms with E-state index in [2.05, 4.69) is 5.32 Å². The van der Waals surface area contributed by atoms with Crippen LogP contribution in [0.3, 0.4) is 0 Å². The Morgan fingerprint density at radius 2 is 2.05 bits per heavy atom. The number of hydrogen-bond donors (Lipinski definition) is 2. The van der Waals surface area contributed by atoms with Crippen molar-refractivity contribution < 1.29 is 9.53 Å². The zero-order chi connectivity index (χ0) is 14.6. The molecule has 0 spiro atoms. The minimum atomic E-state index is -0.519. The molecule has 4 nitrogen and oxygen atoms in total. The quantitative estimate of drug-likeness (QED) is 0.835. The molecule has 0 aliphatic heterocycles. The maximum absolute atomic E-state index is 11.7. The van der Waals surface area contributed by atoms with Gasteiger partial charge in [-0.05, 0) is 44.9 Å². The second-order valence-electron chi connectivity index (χ2n) is 5.42. The van der Waals surface area contributed by atoms with Gasteiger partial charge in [0, 0.05) is 12.1 Å². The largest absolute Gasteiger partial charge is 0.444 e. The molecule has 0 fully saturated rings. The maximum atomic E-state index is 11.7. The number of ether oxygens (including phenoxy) is 1. The standard InChI is InChI=1S/C14H20N2O2S/c1-9-5-6-10(8-12(15)19)7-11(9)16-13(17)18-14(2,3)4/h5-7H,8H2,1-4H3,(H2,15,19)(H,16,17). The summed E-state index contributed by atoms with van der Waals surface area (Å²) in [7, 11) is 0. The highest BCUT2D eigenvalue weighted by atomic mass is 32.1. The van der Waals surface area contributed by atoms with Crippen molar-refractivity contribution in [3.05, 3.63) is 29.3 Å². The number of hydrogen-bond acceptors (Lipinski definition) is 3. The van der Waals surface area contributed by atoms with Crippen LogP contribution in [-0.2, 0) is 11.2 Å². The van der Waals surface area contributed by atoms with Crippen LogP contribution in [0.15, 0.2) is 18.2 Å². The minimum Gasteiger partial charge on any atom is -0.444 e. The van der Waals surface area contributed by atoms with Gasteiger partial charge in [0.15, 0.2) is 0 Å². The Morgan fingerprint density at radius 3 is 2.58 bits per heavy atom. The highest BCUT2D eigenvalue weighted by molar-refractivity contribution is 7.80. The lowest BCUT2D eigenvalue weighted by molar-refractivity contribution is 0.0636. The first-order valence-electron chi connectivity index (χ1n) is 6.05. The number of benzene rings is 1. The number of nitrogens with two attached hydrogens (primary N) is 1. The average molecular weight is 280 g/mol. The van der Waals surface area contributed by atoms with Gasteiger partial charge >= 0.3 is 6.09 Å². The number of anilines is 1. The van der Waals surface area contributed by atoms with Crippen molar-refractivity contribution >= 4 is 29.0 Å². The molecule has 0 saturated heterocycles. The SMILES string of the molecule is Cc1ccc(CC(N)=S)cc1NC(=O)OC(C)(C)C. The molecule has 19 heavy (non-hydrogen) atoms. The average Bonchev–Trinajstić information content (AvgIpc) is 2.19. The molecule has 0 aliphatic rings. The molecule has 0 atom stereocenters. The summed E-state index contributed by atoms with van der Waals surface area (Å²) in [6, 6.07) is 5.72. The Bertz CT molecular complexity index is 493. The lowest BCUT2D eigenvalue weighted by Gasteiger charge is -2.20. The Kier molecular flexibility index (Phi) is 4.89.